The van der Waals surface area contributed by atoms with Gasteiger partial charge in [-0.25, -0.2) is 0 Å². The zero-order valence-corrected chi connectivity index (χ0v) is 12.9. The van der Waals surface area contributed by atoms with Gasteiger partial charge >= 0.3 is 5.97 Å². The van der Waals surface area contributed by atoms with Crippen molar-refractivity contribution in [1.82, 2.24) is 0 Å². The van der Waals surface area contributed by atoms with E-state index in [1.807, 2.05) is 0 Å². The van der Waals surface area contributed by atoms with Crippen molar-refractivity contribution < 1.29 is 9.90 Å². The van der Waals surface area contributed by atoms with Gasteiger partial charge in [0.2, 0.25) is 0 Å². The van der Waals surface area contributed by atoms with Gasteiger partial charge in [-0.15, -0.1) is 0 Å². The monoisotopic (exact) mass is 268 g/mol. The SMILES string of the molecule is CCCCCCCCC(CCCC)(C(=O)O)C1CC1. The molecule has 0 aliphatic heterocycles. The fourth-order valence-electron chi connectivity index (χ4n) is 3.27. The van der Waals surface area contributed by atoms with Gasteiger partial charge in [0, 0.05) is 0 Å². The van der Waals surface area contributed by atoms with Crippen LogP contribution in [0.5, 0.6) is 0 Å². The number of unbranched alkanes of at least 4 members (excludes halogenated alkanes) is 6. The zero-order chi connectivity index (χ0) is 14.1. The summed E-state index contributed by atoms with van der Waals surface area (Å²) in [6.07, 6.45) is 13.8. The fraction of sp³-hybridized carbons (Fsp3) is 0.941. The highest BCUT2D eigenvalue weighted by atomic mass is 16.4. The fourth-order valence-corrected chi connectivity index (χ4v) is 3.27. The molecule has 1 atom stereocenters. The van der Waals surface area contributed by atoms with Crippen LogP contribution in [0, 0.1) is 11.3 Å². The molecule has 1 rings (SSSR count). The molecule has 112 valence electrons. The van der Waals surface area contributed by atoms with E-state index in [0.717, 1.165) is 44.9 Å². The molecule has 1 fully saturated rings. The van der Waals surface area contributed by atoms with E-state index in [0.29, 0.717) is 5.92 Å². The summed E-state index contributed by atoms with van der Waals surface area (Å²) >= 11 is 0. The second-order valence-corrected chi connectivity index (χ2v) is 6.36. The quantitative estimate of drug-likeness (QED) is 0.481. The van der Waals surface area contributed by atoms with Crippen molar-refractivity contribution in [3.8, 4) is 0 Å². The van der Waals surface area contributed by atoms with Crippen LogP contribution in [0.4, 0.5) is 0 Å². The predicted molar refractivity (Wildman–Crippen MR) is 80.3 cm³/mol. The largest absolute Gasteiger partial charge is 0.481 e. The molecule has 0 aromatic rings. The van der Waals surface area contributed by atoms with Crippen LogP contribution in [-0.2, 0) is 4.79 Å². The standard InChI is InChI=1S/C17H32O2/c1-3-5-7-8-9-10-14-17(16(18)19,13-6-4-2)15-11-12-15/h15H,3-14H2,1-2H3,(H,18,19). The number of carboxylic acid groups (broad SMARTS) is 1. The van der Waals surface area contributed by atoms with Crippen LogP contribution in [0.1, 0.15) is 90.9 Å². The van der Waals surface area contributed by atoms with Crippen molar-refractivity contribution in [3.63, 3.8) is 0 Å². The van der Waals surface area contributed by atoms with Crippen LogP contribution in [0.15, 0.2) is 0 Å². The highest BCUT2D eigenvalue weighted by Gasteiger charge is 2.49. The third-order valence-corrected chi connectivity index (χ3v) is 4.74. The molecule has 1 aliphatic carbocycles. The molecular weight excluding hydrogens is 236 g/mol. The Morgan fingerprint density at radius 1 is 0.947 bits per heavy atom. The van der Waals surface area contributed by atoms with Crippen LogP contribution >= 0.6 is 0 Å². The lowest BCUT2D eigenvalue weighted by atomic mass is 9.74. The first-order chi connectivity index (χ1) is 9.17. The number of carboxylic acids is 1. The maximum Gasteiger partial charge on any atom is 0.309 e. The molecule has 0 heterocycles. The Morgan fingerprint density at radius 3 is 2.00 bits per heavy atom. The minimum atomic E-state index is -0.517. The van der Waals surface area contributed by atoms with E-state index < -0.39 is 5.97 Å². The number of rotatable bonds is 12. The van der Waals surface area contributed by atoms with Crippen molar-refractivity contribution in [3.05, 3.63) is 0 Å². The first kappa shape index (κ1) is 16.5. The van der Waals surface area contributed by atoms with Gasteiger partial charge in [0.05, 0.1) is 5.41 Å². The topological polar surface area (TPSA) is 37.3 Å². The van der Waals surface area contributed by atoms with Gasteiger partial charge in [-0.3, -0.25) is 4.79 Å². The van der Waals surface area contributed by atoms with Crippen molar-refractivity contribution in [2.24, 2.45) is 11.3 Å². The molecule has 0 aromatic carbocycles. The van der Waals surface area contributed by atoms with Gasteiger partial charge in [-0.05, 0) is 31.6 Å². The van der Waals surface area contributed by atoms with Gasteiger partial charge in [0.15, 0.2) is 0 Å². The molecule has 0 spiro atoms. The molecule has 1 unspecified atom stereocenters. The Morgan fingerprint density at radius 2 is 1.47 bits per heavy atom. The summed E-state index contributed by atoms with van der Waals surface area (Å²) in [4.78, 5) is 11.8. The molecule has 1 saturated carbocycles. The molecule has 1 N–H and O–H groups in total. The zero-order valence-electron chi connectivity index (χ0n) is 12.9. The molecule has 1 aliphatic rings. The van der Waals surface area contributed by atoms with Crippen LogP contribution in [0.25, 0.3) is 0 Å². The Bertz CT molecular complexity index is 258. The molecule has 0 amide bonds. The summed E-state index contributed by atoms with van der Waals surface area (Å²) in [6.45, 7) is 4.39. The summed E-state index contributed by atoms with van der Waals surface area (Å²) in [6, 6.07) is 0. The van der Waals surface area contributed by atoms with E-state index in [2.05, 4.69) is 13.8 Å². The average molecular weight is 268 g/mol. The highest BCUT2D eigenvalue weighted by Crippen LogP contribution is 2.51. The van der Waals surface area contributed by atoms with E-state index in [1.165, 1.54) is 32.1 Å². The summed E-state index contributed by atoms with van der Waals surface area (Å²) in [5.74, 6) is -0.0378. The maximum absolute atomic E-state index is 11.8. The molecule has 0 bridgehead atoms. The molecule has 2 nitrogen and oxygen atoms in total. The predicted octanol–water partition coefficient (Wildman–Crippen LogP) is 5.41. The molecular formula is C17H32O2. The van der Waals surface area contributed by atoms with Crippen molar-refractivity contribution in [2.75, 3.05) is 0 Å². The van der Waals surface area contributed by atoms with Crippen molar-refractivity contribution in [1.29, 1.82) is 0 Å². The summed E-state index contributed by atoms with van der Waals surface area (Å²) < 4.78 is 0. The summed E-state index contributed by atoms with van der Waals surface area (Å²) in [5, 5.41) is 9.70. The third kappa shape index (κ3) is 5.16. The van der Waals surface area contributed by atoms with Crippen LogP contribution in [0.3, 0.4) is 0 Å². The van der Waals surface area contributed by atoms with Crippen LogP contribution < -0.4 is 0 Å². The van der Waals surface area contributed by atoms with Gasteiger partial charge < -0.3 is 5.11 Å². The smallest absolute Gasteiger partial charge is 0.309 e. The number of hydrogen-bond donors (Lipinski definition) is 1. The molecule has 0 radical (unpaired) electrons. The molecule has 0 aromatic heterocycles. The second-order valence-electron chi connectivity index (χ2n) is 6.36. The Hall–Kier alpha value is -0.530. The lowest BCUT2D eigenvalue weighted by Crippen LogP contribution is -2.33. The Balaban J connectivity index is 2.38. The molecule has 0 saturated heterocycles. The van der Waals surface area contributed by atoms with E-state index in [-0.39, 0.29) is 5.41 Å². The minimum absolute atomic E-state index is 0.374. The molecule has 2 heteroatoms. The Kier molecular flexibility index (Phi) is 7.48. The lowest BCUT2D eigenvalue weighted by molar-refractivity contribution is -0.151. The van der Waals surface area contributed by atoms with E-state index in [9.17, 15) is 9.90 Å². The van der Waals surface area contributed by atoms with Gasteiger partial charge in [0.25, 0.3) is 0 Å². The van der Waals surface area contributed by atoms with Crippen LogP contribution in [-0.4, -0.2) is 11.1 Å². The summed E-state index contributed by atoms with van der Waals surface area (Å²) in [5.41, 5.74) is -0.374. The lowest BCUT2D eigenvalue weighted by Gasteiger charge is -2.29. The Labute approximate surface area is 119 Å². The maximum atomic E-state index is 11.8. The van der Waals surface area contributed by atoms with Gasteiger partial charge in [0.1, 0.15) is 0 Å². The first-order valence-electron chi connectivity index (χ1n) is 8.40. The van der Waals surface area contributed by atoms with Crippen LogP contribution in [0.2, 0.25) is 0 Å². The van der Waals surface area contributed by atoms with Crippen molar-refractivity contribution >= 4 is 5.97 Å². The third-order valence-electron chi connectivity index (χ3n) is 4.74. The van der Waals surface area contributed by atoms with E-state index in [1.54, 1.807) is 0 Å². The second kappa shape index (κ2) is 8.60. The van der Waals surface area contributed by atoms with E-state index in [4.69, 9.17) is 0 Å². The summed E-state index contributed by atoms with van der Waals surface area (Å²) in [7, 11) is 0. The van der Waals surface area contributed by atoms with Gasteiger partial charge in [-0.2, -0.15) is 0 Å². The first-order valence-corrected chi connectivity index (χ1v) is 8.40. The normalized spacial score (nSPS) is 18.2. The highest BCUT2D eigenvalue weighted by molar-refractivity contribution is 5.75. The van der Waals surface area contributed by atoms with E-state index >= 15 is 0 Å². The minimum Gasteiger partial charge on any atom is -0.481 e. The number of carbonyl (C=O) groups is 1. The number of hydrogen-bond acceptors (Lipinski definition) is 1. The molecule has 19 heavy (non-hydrogen) atoms. The van der Waals surface area contributed by atoms with Crippen molar-refractivity contribution in [2.45, 2.75) is 90.9 Å². The number of aliphatic carboxylic acids is 1. The average Bonchev–Trinajstić information content (AvgIpc) is 3.21. The van der Waals surface area contributed by atoms with Gasteiger partial charge in [-0.1, -0.05) is 65.2 Å².